The van der Waals surface area contributed by atoms with Crippen LogP contribution < -0.4 is 0 Å². The van der Waals surface area contributed by atoms with Crippen LogP contribution >= 0.6 is 11.3 Å². The molecule has 0 aromatic carbocycles. The van der Waals surface area contributed by atoms with Crippen LogP contribution in [0, 0.1) is 0 Å². The first-order chi connectivity index (χ1) is 7.85. The van der Waals surface area contributed by atoms with Gasteiger partial charge in [-0.05, 0) is 31.4 Å². The van der Waals surface area contributed by atoms with Gasteiger partial charge in [0.25, 0.3) is 0 Å². The van der Waals surface area contributed by atoms with Crippen LogP contribution in [0.3, 0.4) is 0 Å². The number of nitrogens with zero attached hydrogens (tertiary/aromatic N) is 1. The van der Waals surface area contributed by atoms with Gasteiger partial charge in [0.1, 0.15) is 0 Å². The lowest BCUT2D eigenvalue weighted by atomic mass is 10.1. The molecule has 0 radical (unpaired) electrons. The summed E-state index contributed by atoms with van der Waals surface area (Å²) in [5.41, 5.74) is 1.28. The van der Waals surface area contributed by atoms with Crippen LogP contribution in [0.2, 0.25) is 0 Å². The van der Waals surface area contributed by atoms with E-state index in [9.17, 15) is 0 Å². The Bertz CT molecular complexity index is 459. The molecule has 2 rings (SSSR count). The first kappa shape index (κ1) is 11.6. The lowest BCUT2D eigenvalue weighted by molar-refractivity contribution is 0.804. The molecular formula is C14H19NS. The summed E-state index contributed by atoms with van der Waals surface area (Å²) < 4.78 is 1.41. The molecule has 0 aliphatic rings. The molecule has 0 saturated carbocycles. The smallest absolute Gasteiger partial charge is 0.0490 e. The second kappa shape index (κ2) is 5.44. The largest absolute Gasteiger partial charge is 0.261 e. The van der Waals surface area contributed by atoms with Crippen molar-refractivity contribution < 1.29 is 0 Å². The van der Waals surface area contributed by atoms with Gasteiger partial charge < -0.3 is 0 Å². The van der Waals surface area contributed by atoms with E-state index >= 15 is 0 Å². The van der Waals surface area contributed by atoms with Gasteiger partial charge >= 0.3 is 0 Å². The van der Waals surface area contributed by atoms with Crippen LogP contribution in [0.4, 0.5) is 0 Å². The molecule has 0 amide bonds. The van der Waals surface area contributed by atoms with E-state index in [0.29, 0.717) is 0 Å². The first-order valence-electron chi connectivity index (χ1n) is 6.21. The van der Waals surface area contributed by atoms with Crippen molar-refractivity contribution in [1.82, 2.24) is 4.98 Å². The quantitative estimate of drug-likeness (QED) is 0.736. The number of fused-ring (bicyclic) bond motifs is 1. The van der Waals surface area contributed by atoms with E-state index in [0.717, 1.165) is 6.42 Å². The van der Waals surface area contributed by atoms with Gasteiger partial charge in [0.2, 0.25) is 0 Å². The summed E-state index contributed by atoms with van der Waals surface area (Å²) in [7, 11) is 0. The molecule has 0 saturated heterocycles. The molecule has 2 heteroatoms. The number of hydrogen-bond donors (Lipinski definition) is 0. The maximum Gasteiger partial charge on any atom is 0.0490 e. The van der Waals surface area contributed by atoms with Crippen LogP contribution in [-0.4, -0.2) is 4.98 Å². The maximum absolute atomic E-state index is 4.50. The van der Waals surface area contributed by atoms with Crippen molar-refractivity contribution in [2.24, 2.45) is 0 Å². The zero-order valence-corrected chi connectivity index (χ0v) is 10.9. The molecule has 2 heterocycles. The van der Waals surface area contributed by atoms with Crippen molar-refractivity contribution in [3.8, 4) is 0 Å². The molecule has 2 aromatic heterocycles. The lowest BCUT2D eigenvalue weighted by Crippen LogP contribution is -1.87. The van der Waals surface area contributed by atoms with Crippen LogP contribution in [0.25, 0.3) is 10.1 Å². The SMILES string of the molecule is CCCCc1cc2c(CCC)nccc2s1. The molecule has 0 atom stereocenters. The summed E-state index contributed by atoms with van der Waals surface area (Å²) in [6, 6.07) is 4.50. The van der Waals surface area contributed by atoms with E-state index in [1.807, 2.05) is 17.5 Å². The molecule has 1 nitrogen and oxygen atoms in total. The first-order valence-corrected chi connectivity index (χ1v) is 7.03. The maximum atomic E-state index is 4.50. The van der Waals surface area contributed by atoms with Crippen LogP contribution in [0.5, 0.6) is 0 Å². The van der Waals surface area contributed by atoms with E-state index in [1.165, 1.54) is 46.3 Å². The minimum Gasteiger partial charge on any atom is -0.261 e. The highest BCUT2D eigenvalue weighted by atomic mass is 32.1. The van der Waals surface area contributed by atoms with Crippen molar-refractivity contribution in [3.63, 3.8) is 0 Å². The summed E-state index contributed by atoms with van der Waals surface area (Å²) in [5.74, 6) is 0. The van der Waals surface area contributed by atoms with E-state index in [-0.39, 0.29) is 0 Å². The Morgan fingerprint density at radius 1 is 1.19 bits per heavy atom. The molecule has 0 spiro atoms. The van der Waals surface area contributed by atoms with Gasteiger partial charge in [-0.1, -0.05) is 26.7 Å². The number of aryl methyl sites for hydroxylation is 2. The number of unbranched alkanes of at least 4 members (excludes halogenated alkanes) is 1. The van der Waals surface area contributed by atoms with Gasteiger partial charge in [0.15, 0.2) is 0 Å². The zero-order valence-electron chi connectivity index (χ0n) is 10.1. The number of hydrogen-bond acceptors (Lipinski definition) is 2. The average molecular weight is 233 g/mol. The molecule has 2 aromatic rings. The predicted molar refractivity (Wildman–Crippen MR) is 72.2 cm³/mol. The van der Waals surface area contributed by atoms with Crippen LogP contribution in [0.1, 0.15) is 43.7 Å². The molecule has 0 aliphatic carbocycles. The molecule has 0 fully saturated rings. The third-order valence-electron chi connectivity index (χ3n) is 2.84. The number of thiophene rings is 1. The Morgan fingerprint density at radius 2 is 2.06 bits per heavy atom. The van der Waals surface area contributed by atoms with Gasteiger partial charge in [-0.3, -0.25) is 4.98 Å². The topological polar surface area (TPSA) is 12.9 Å². The molecule has 0 aliphatic heterocycles. The summed E-state index contributed by atoms with van der Waals surface area (Å²) >= 11 is 1.94. The van der Waals surface area contributed by atoms with Gasteiger partial charge in [-0.25, -0.2) is 0 Å². The predicted octanol–water partition coefficient (Wildman–Crippen LogP) is 4.59. The van der Waals surface area contributed by atoms with Crippen LogP contribution in [-0.2, 0) is 12.8 Å². The molecule has 86 valence electrons. The molecule has 0 bridgehead atoms. The highest BCUT2D eigenvalue weighted by Crippen LogP contribution is 2.28. The minimum atomic E-state index is 1.10. The van der Waals surface area contributed by atoms with Crippen molar-refractivity contribution in [2.45, 2.75) is 46.0 Å². The standard InChI is InChI=1S/C14H19NS/c1-3-5-7-11-10-12-13(6-4-2)15-9-8-14(12)16-11/h8-10H,3-7H2,1-2H3. The van der Waals surface area contributed by atoms with Crippen LogP contribution in [0.15, 0.2) is 18.3 Å². The highest BCUT2D eigenvalue weighted by molar-refractivity contribution is 7.19. The fourth-order valence-corrected chi connectivity index (χ4v) is 3.10. The Kier molecular flexibility index (Phi) is 3.94. The molecule has 0 unspecified atom stereocenters. The summed E-state index contributed by atoms with van der Waals surface area (Å²) in [5, 5.41) is 1.39. The Labute approximate surface area is 102 Å². The van der Waals surface area contributed by atoms with E-state index in [2.05, 4.69) is 31.0 Å². The average Bonchev–Trinajstić information content (AvgIpc) is 2.70. The summed E-state index contributed by atoms with van der Waals surface area (Å²) in [6.45, 7) is 4.46. The zero-order chi connectivity index (χ0) is 11.4. The number of pyridine rings is 1. The summed E-state index contributed by atoms with van der Waals surface area (Å²) in [6.07, 6.45) is 8.01. The van der Waals surface area contributed by atoms with Gasteiger partial charge in [0.05, 0.1) is 0 Å². The second-order valence-corrected chi connectivity index (χ2v) is 5.40. The van der Waals surface area contributed by atoms with E-state index < -0.39 is 0 Å². The fraction of sp³-hybridized carbons (Fsp3) is 0.500. The molecular weight excluding hydrogens is 214 g/mol. The number of aromatic nitrogens is 1. The Hall–Kier alpha value is -0.890. The highest BCUT2D eigenvalue weighted by Gasteiger charge is 2.06. The van der Waals surface area contributed by atoms with E-state index in [4.69, 9.17) is 0 Å². The second-order valence-electron chi connectivity index (χ2n) is 4.24. The molecule has 16 heavy (non-hydrogen) atoms. The van der Waals surface area contributed by atoms with Crippen molar-refractivity contribution >= 4 is 21.4 Å². The Morgan fingerprint density at radius 3 is 2.81 bits per heavy atom. The minimum absolute atomic E-state index is 1.10. The van der Waals surface area contributed by atoms with Crippen molar-refractivity contribution in [1.29, 1.82) is 0 Å². The van der Waals surface area contributed by atoms with Crippen molar-refractivity contribution in [3.05, 3.63) is 28.9 Å². The molecule has 0 N–H and O–H groups in total. The Balaban J connectivity index is 2.32. The monoisotopic (exact) mass is 233 g/mol. The number of rotatable bonds is 5. The normalized spacial score (nSPS) is 11.1. The van der Waals surface area contributed by atoms with Gasteiger partial charge in [-0.15, -0.1) is 11.3 Å². The van der Waals surface area contributed by atoms with Gasteiger partial charge in [0, 0.05) is 26.9 Å². The third-order valence-corrected chi connectivity index (χ3v) is 4.00. The lowest BCUT2D eigenvalue weighted by Gasteiger charge is -1.98. The van der Waals surface area contributed by atoms with Crippen molar-refractivity contribution in [2.75, 3.05) is 0 Å². The third kappa shape index (κ3) is 2.43. The summed E-state index contributed by atoms with van der Waals surface area (Å²) in [4.78, 5) is 6.01. The van der Waals surface area contributed by atoms with Gasteiger partial charge in [-0.2, -0.15) is 0 Å². The van der Waals surface area contributed by atoms with E-state index in [1.54, 1.807) is 0 Å². The fourth-order valence-electron chi connectivity index (χ4n) is 1.98.